The first kappa shape index (κ1) is 11.7. The van der Waals surface area contributed by atoms with Gasteiger partial charge in [0.2, 0.25) is 0 Å². The molecule has 0 bridgehead atoms. The molecule has 3 rings (SSSR count). The van der Waals surface area contributed by atoms with Gasteiger partial charge in [-0.2, -0.15) is 10.3 Å². The largest absolute Gasteiger partial charge is 0.271 e. The highest BCUT2D eigenvalue weighted by Gasteiger charge is 2.39. The summed E-state index contributed by atoms with van der Waals surface area (Å²) >= 11 is 1.64. The molecule has 0 aromatic carbocycles. The highest BCUT2D eigenvalue weighted by Crippen LogP contribution is 2.46. The standard InChI is InChI=1S/C13H13N3OS/c14-7-6-10-15-12(17)11-8-4-2-1-3-5-9(8)18-13(11)16-10/h11H,1-6H2. The van der Waals surface area contributed by atoms with Gasteiger partial charge in [0.15, 0.2) is 0 Å². The van der Waals surface area contributed by atoms with Crippen molar-refractivity contribution >= 4 is 28.5 Å². The Hall–Kier alpha value is -1.41. The van der Waals surface area contributed by atoms with Crippen LogP contribution in [0, 0.1) is 17.2 Å². The summed E-state index contributed by atoms with van der Waals surface area (Å²) in [5.74, 6) is 0.0362. The summed E-state index contributed by atoms with van der Waals surface area (Å²) in [6.45, 7) is 0. The Morgan fingerprint density at radius 3 is 2.94 bits per heavy atom. The van der Waals surface area contributed by atoms with Crippen LogP contribution in [0.25, 0.3) is 0 Å². The minimum Gasteiger partial charge on any atom is -0.271 e. The third-order valence-electron chi connectivity index (χ3n) is 3.49. The smallest absolute Gasteiger partial charge is 0.261 e. The first-order valence-corrected chi connectivity index (χ1v) is 7.08. The van der Waals surface area contributed by atoms with Gasteiger partial charge in [0.1, 0.15) is 11.8 Å². The number of aliphatic imine (C=N–C) groups is 2. The Kier molecular flexibility index (Phi) is 3.04. The highest BCUT2D eigenvalue weighted by molar-refractivity contribution is 8.17. The average Bonchev–Trinajstić information content (AvgIpc) is 2.53. The quantitative estimate of drug-likeness (QED) is 0.727. The lowest BCUT2D eigenvalue weighted by Crippen LogP contribution is -2.25. The van der Waals surface area contributed by atoms with Crippen molar-refractivity contribution in [3.8, 4) is 6.07 Å². The minimum absolute atomic E-state index is 0.118. The Labute approximate surface area is 110 Å². The van der Waals surface area contributed by atoms with E-state index in [1.165, 1.54) is 23.3 Å². The normalized spacial score (nSPS) is 26.8. The lowest BCUT2D eigenvalue weighted by molar-refractivity contribution is -0.118. The van der Waals surface area contributed by atoms with Crippen molar-refractivity contribution in [3.63, 3.8) is 0 Å². The van der Waals surface area contributed by atoms with Crippen LogP contribution in [0.15, 0.2) is 20.5 Å². The molecule has 5 heteroatoms. The Bertz CT molecular complexity index is 539. The number of fused-ring (bicyclic) bond motifs is 2. The number of nitrogens with zero attached hydrogens (tertiary/aromatic N) is 3. The van der Waals surface area contributed by atoms with Crippen LogP contribution in [0.3, 0.4) is 0 Å². The number of allylic oxidation sites excluding steroid dienone is 1. The van der Waals surface area contributed by atoms with Gasteiger partial charge >= 0.3 is 0 Å². The number of amides is 1. The van der Waals surface area contributed by atoms with E-state index in [9.17, 15) is 4.79 Å². The molecular weight excluding hydrogens is 246 g/mol. The van der Waals surface area contributed by atoms with Gasteiger partial charge in [-0.1, -0.05) is 18.2 Å². The van der Waals surface area contributed by atoms with E-state index in [0.717, 1.165) is 24.3 Å². The van der Waals surface area contributed by atoms with Crippen molar-refractivity contribution in [1.82, 2.24) is 0 Å². The maximum atomic E-state index is 12.1. The molecular formula is C13H13N3OS. The van der Waals surface area contributed by atoms with Gasteiger partial charge in [-0.05, 0) is 36.2 Å². The van der Waals surface area contributed by atoms with E-state index in [4.69, 9.17) is 5.26 Å². The second-order valence-electron chi connectivity index (χ2n) is 4.70. The van der Waals surface area contributed by atoms with E-state index in [-0.39, 0.29) is 18.2 Å². The number of hydrogen-bond donors (Lipinski definition) is 0. The molecule has 0 saturated carbocycles. The summed E-state index contributed by atoms with van der Waals surface area (Å²) in [5.41, 5.74) is 1.25. The molecule has 2 heterocycles. The van der Waals surface area contributed by atoms with Gasteiger partial charge in [0.25, 0.3) is 5.91 Å². The van der Waals surface area contributed by atoms with Crippen molar-refractivity contribution in [3.05, 3.63) is 10.5 Å². The molecule has 18 heavy (non-hydrogen) atoms. The predicted molar refractivity (Wildman–Crippen MR) is 71.3 cm³/mol. The van der Waals surface area contributed by atoms with E-state index in [0.29, 0.717) is 5.84 Å². The molecule has 0 aromatic rings. The highest BCUT2D eigenvalue weighted by atomic mass is 32.2. The molecule has 0 saturated heterocycles. The monoisotopic (exact) mass is 259 g/mol. The molecule has 0 fully saturated rings. The van der Waals surface area contributed by atoms with E-state index in [1.807, 2.05) is 6.07 Å². The summed E-state index contributed by atoms with van der Waals surface area (Å²) in [7, 11) is 0. The minimum atomic E-state index is -0.217. The number of amidine groups is 1. The van der Waals surface area contributed by atoms with Gasteiger partial charge in [0, 0.05) is 0 Å². The first-order chi connectivity index (χ1) is 8.79. The SMILES string of the molecule is N#CCC1=NC(=O)C2C(=N1)SC1=C2CCCCC1. The lowest BCUT2D eigenvalue weighted by atomic mass is 9.94. The third-order valence-corrected chi connectivity index (χ3v) is 4.74. The molecule has 1 unspecified atom stereocenters. The number of carbonyl (C=O) groups excluding carboxylic acids is 1. The Balaban J connectivity index is 1.92. The van der Waals surface area contributed by atoms with Crippen LogP contribution in [-0.2, 0) is 4.79 Å². The second-order valence-corrected chi connectivity index (χ2v) is 5.81. The summed E-state index contributed by atoms with van der Waals surface area (Å²) in [5, 5.41) is 9.51. The molecule has 1 amide bonds. The van der Waals surface area contributed by atoms with Gasteiger partial charge in [-0.15, -0.1) is 0 Å². The lowest BCUT2D eigenvalue weighted by Gasteiger charge is -2.15. The van der Waals surface area contributed by atoms with Gasteiger partial charge < -0.3 is 0 Å². The average molecular weight is 259 g/mol. The molecule has 92 valence electrons. The summed E-state index contributed by atoms with van der Waals surface area (Å²) in [4.78, 5) is 21.8. The number of rotatable bonds is 1. The zero-order valence-electron chi connectivity index (χ0n) is 9.98. The van der Waals surface area contributed by atoms with Crippen LogP contribution in [0.5, 0.6) is 0 Å². The maximum absolute atomic E-state index is 12.1. The summed E-state index contributed by atoms with van der Waals surface area (Å²) < 4.78 is 0. The molecule has 0 radical (unpaired) electrons. The van der Waals surface area contributed by atoms with Crippen LogP contribution in [0.2, 0.25) is 0 Å². The molecule has 4 nitrogen and oxygen atoms in total. The molecule has 1 atom stereocenters. The fraction of sp³-hybridized carbons (Fsp3) is 0.538. The zero-order chi connectivity index (χ0) is 12.5. The van der Waals surface area contributed by atoms with Gasteiger partial charge in [-0.3, -0.25) is 4.79 Å². The number of carbonyl (C=O) groups is 1. The molecule has 3 aliphatic rings. The van der Waals surface area contributed by atoms with Gasteiger partial charge in [-0.25, -0.2) is 4.99 Å². The summed E-state index contributed by atoms with van der Waals surface area (Å²) in [6.07, 6.45) is 5.78. The van der Waals surface area contributed by atoms with Crippen molar-refractivity contribution < 1.29 is 4.79 Å². The molecule has 0 N–H and O–H groups in total. The van der Waals surface area contributed by atoms with Gasteiger partial charge in [0.05, 0.1) is 17.5 Å². The van der Waals surface area contributed by atoms with Crippen molar-refractivity contribution in [2.24, 2.45) is 15.9 Å². The predicted octanol–water partition coefficient (Wildman–Crippen LogP) is 2.82. The van der Waals surface area contributed by atoms with E-state index in [1.54, 1.807) is 11.8 Å². The van der Waals surface area contributed by atoms with Crippen molar-refractivity contribution in [2.45, 2.75) is 38.5 Å². The molecule has 1 aliphatic carbocycles. The molecule has 2 aliphatic heterocycles. The van der Waals surface area contributed by atoms with E-state index >= 15 is 0 Å². The van der Waals surface area contributed by atoms with Crippen LogP contribution in [0.4, 0.5) is 0 Å². The van der Waals surface area contributed by atoms with Crippen LogP contribution >= 0.6 is 11.8 Å². The Morgan fingerprint density at radius 2 is 2.11 bits per heavy atom. The van der Waals surface area contributed by atoms with Crippen LogP contribution < -0.4 is 0 Å². The zero-order valence-corrected chi connectivity index (χ0v) is 10.8. The van der Waals surface area contributed by atoms with Crippen molar-refractivity contribution in [2.75, 3.05) is 0 Å². The van der Waals surface area contributed by atoms with Crippen LogP contribution in [0.1, 0.15) is 38.5 Å². The molecule has 0 aromatic heterocycles. The molecule has 0 spiro atoms. The number of thioether (sulfide) groups is 1. The van der Waals surface area contributed by atoms with Crippen LogP contribution in [-0.4, -0.2) is 16.8 Å². The number of hydrogen-bond acceptors (Lipinski definition) is 4. The van der Waals surface area contributed by atoms with E-state index in [2.05, 4.69) is 9.98 Å². The fourth-order valence-corrected chi connectivity index (χ4v) is 4.03. The number of nitriles is 1. The summed E-state index contributed by atoms with van der Waals surface area (Å²) in [6, 6.07) is 2.00. The van der Waals surface area contributed by atoms with Crippen molar-refractivity contribution in [1.29, 1.82) is 5.26 Å². The Morgan fingerprint density at radius 1 is 1.28 bits per heavy atom. The topological polar surface area (TPSA) is 65.6 Å². The second kappa shape index (κ2) is 4.69. The maximum Gasteiger partial charge on any atom is 0.261 e. The fourth-order valence-electron chi connectivity index (χ4n) is 2.67. The van der Waals surface area contributed by atoms with E-state index < -0.39 is 0 Å². The third kappa shape index (κ3) is 1.91. The first-order valence-electron chi connectivity index (χ1n) is 6.26.